The molecule has 0 aromatic heterocycles. The number of benzene rings is 1. The first-order valence-electron chi connectivity index (χ1n) is 4.43. The highest BCUT2D eigenvalue weighted by Gasteiger charge is 1.98. The van der Waals surface area contributed by atoms with Gasteiger partial charge in [0.25, 0.3) is 0 Å². The van der Waals surface area contributed by atoms with Crippen molar-refractivity contribution in [2.75, 3.05) is 5.73 Å². The molecule has 1 aromatic rings. The van der Waals surface area contributed by atoms with Gasteiger partial charge in [0.1, 0.15) is 0 Å². The summed E-state index contributed by atoms with van der Waals surface area (Å²) in [6.07, 6.45) is 8.11. The summed E-state index contributed by atoms with van der Waals surface area (Å²) in [5.41, 5.74) is 8.95. The van der Waals surface area contributed by atoms with Gasteiger partial charge in [-0.1, -0.05) is 36.4 Å². The van der Waals surface area contributed by atoms with Crippen LogP contribution in [0.1, 0.15) is 25.0 Å². The van der Waals surface area contributed by atoms with Crippen LogP contribution >= 0.6 is 0 Å². The second-order valence-electron chi connectivity index (χ2n) is 2.85. The monoisotopic (exact) mass is 173 g/mol. The summed E-state index contributed by atoms with van der Waals surface area (Å²) in [5, 5.41) is 0. The van der Waals surface area contributed by atoms with Gasteiger partial charge in [-0.15, -0.1) is 0 Å². The molecule has 1 heteroatoms. The molecule has 0 atom stereocenters. The van der Waals surface area contributed by atoms with Crippen LogP contribution in [0.5, 0.6) is 0 Å². The molecule has 0 saturated heterocycles. The quantitative estimate of drug-likeness (QED) is 0.682. The SMILES string of the molecule is C/C=C\c1cccc(N)c1/C=C\C. The Morgan fingerprint density at radius 1 is 1.08 bits per heavy atom. The summed E-state index contributed by atoms with van der Waals surface area (Å²) in [6, 6.07) is 5.95. The number of hydrogen-bond donors (Lipinski definition) is 1. The van der Waals surface area contributed by atoms with Gasteiger partial charge in [-0.25, -0.2) is 0 Å². The highest BCUT2D eigenvalue weighted by molar-refractivity contribution is 5.74. The summed E-state index contributed by atoms with van der Waals surface area (Å²) in [5.74, 6) is 0. The van der Waals surface area contributed by atoms with Crippen molar-refractivity contribution in [3.63, 3.8) is 0 Å². The van der Waals surface area contributed by atoms with Gasteiger partial charge in [-0.05, 0) is 25.5 Å². The van der Waals surface area contributed by atoms with Crippen LogP contribution in [-0.2, 0) is 0 Å². The van der Waals surface area contributed by atoms with Crippen LogP contribution in [0.25, 0.3) is 12.2 Å². The topological polar surface area (TPSA) is 26.0 Å². The fourth-order valence-electron chi connectivity index (χ4n) is 1.29. The van der Waals surface area contributed by atoms with Gasteiger partial charge in [-0.2, -0.15) is 0 Å². The smallest absolute Gasteiger partial charge is 0.0393 e. The van der Waals surface area contributed by atoms with E-state index in [1.165, 1.54) is 5.56 Å². The van der Waals surface area contributed by atoms with Crippen molar-refractivity contribution >= 4 is 17.8 Å². The highest BCUT2D eigenvalue weighted by Crippen LogP contribution is 2.19. The lowest BCUT2D eigenvalue weighted by atomic mass is 10.0. The van der Waals surface area contributed by atoms with E-state index < -0.39 is 0 Å². The Bertz CT molecular complexity index is 335. The Morgan fingerprint density at radius 3 is 2.38 bits per heavy atom. The Labute approximate surface area is 79.6 Å². The summed E-state index contributed by atoms with van der Waals surface area (Å²) in [4.78, 5) is 0. The zero-order chi connectivity index (χ0) is 9.68. The van der Waals surface area contributed by atoms with Crippen LogP contribution in [0.3, 0.4) is 0 Å². The molecule has 0 unspecified atom stereocenters. The lowest BCUT2D eigenvalue weighted by Crippen LogP contribution is -1.91. The zero-order valence-electron chi connectivity index (χ0n) is 8.12. The molecule has 0 radical (unpaired) electrons. The maximum Gasteiger partial charge on any atom is 0.0393 e. The average molecular weight is 173 g/mol. The van der Waals surface area contributed by atoms with Crippen LogP contribution in [0.4, 0.5) is 5.69 Å². The molecule has 1 rings (SSSR count). The second-order valence-corrected chi connectivity index (χ2v) is 2.85. The van der Waals surface area contributed by atoms with Gasteiger partial charge in [-0.3, -0.25) is 0 Å². The number of allylic oxidation sites excluding steroid dienone is 2. The number of hydrogen-bond acceptors (Lipinski definition) is 1. The Hall–Kier alpha value is -1.50. The predicted molar refractivity (Wildman–Crippen MR) is 60.3 cm³/mol. The van der Waals surface area contributed by atoms with Crippen molar-refractivity contribution in [3.05, 3.63) is 41.5 Å². The molecule has 1 aromatic carbocycles. The van der Waals surface area contributed by atoms with E-state index >= 15 is 0 Å². The molecule has 0 bridgehead atoms. The third-order valence-corrected chi connectivity index (χ3v) is 1.85. The molecule has 1 nitrogen and oxygen atoms in total. The van der Waals surface area contributed by atoms with Crippen molar-refractivity contribution in [2.45, 2.75) is 13.8 Å². The van der Waals surface area contributed by atoms with Crippen LogP contribution in [0.15, 0.2) is 30.4 Å². The largest absolute Gasteiger partial charge is 0.398 e. The van der Waals surface area contributed by atoms with Gasteiger partial charge in [0.15, 0.2) is 0 Å². The molecule has 0 aliphatic rings. The first-order chi connectivity index (χ1) is 6.29. The predicted octanol–water partition coefficient (Wildman–Crippen LogP) is 3.34. The molecule has 0 heterocycles. The van der Waals surface area contributed by atoms with Crippen LogP contribution < -0.4 is 5.73 Å². The van der Waals surface area contributed by atoms with E-state index in [0.717, 1.165) is 11.3 Å². The van der Waals surface area contributed by atoms with Crippen LogP contribution in [0, 0.1) is 0 Å². The molecule has 0 aliphatic carbocycles. The Morgan fingerprint density at radius 2 is 1.77 bits per heavy atom. The molecule has 0 spiro atoms. The molecular formula is C12H15N. The van der Waals surface area contributed by atoms with Gasteiger partial charge in [0.05, 0.1) is 0 Å². The number of anilines is 1. The minimum atomic E-state index is 0.828. The van der Waals surface area contributed by atoms with E-state index in [1.54, 1.807) is 0 Å². The number of nitrogen functional groups attached to an aromatic ring is 1. The van der Waals surface area contributed by atoms with E-state index in [0.29, 0.717) is 0 Å². The minimum absolute atomic E-state index is 0.828. The average Bonchev–Trinajstić information content (AvgIpc) is 2.11. The second kappa shape index (κ2) is 4.51. The third kappa shape index (κ3) is 2.22. The molecule has 13 heavy (non-hydrogen) atoms. The summed E-state index contributed by atoms with van der Waals surface area (Å²) in [6.45, 7) is 3.99. The molecule has 0 amide bonds. The van der Waals surface area contributed by atoms with Crippen molar-refractivity contribution in [1.82, 2.24) is 0 Å². The van der Waals surface area contributed by atoms with Crippen molar-refractivity contribution in [1.29, 1.82) is 0 Å². The van der Waals surface area contributed by atoms with Gasteiger partial charge >= 0.3 is 0 Å². The molecular weight excluding hydrogens is 158 g/mol. The lowest BCUT2D eigenvalue weighted by molar-refractivity contribution is 1.58. The van der Waals surface area contributed by atoms with Gasteiger partial charge in [0.2, 0.25) is 0 Å². The molecule has 0 fully saturated rings. The molecule has 0 aliphatic heterocycles. The summed E-state index contributed by atoms with van der Waals surface area (Å²) < 4.78 is 0. The van der Waals surface area contributed by atoms with Crippen molar-refractivity contribution in [3.8, 4) is 0 Å². The Kier molecular flexibility index (Phi) is 3.32. The summed E-state index contributed by atoms with van der Waals surface area (Å²) in [7, 11) is 0. The number of nitrogens with two attached hydrogens (primary N) is 1. The molecule has 0 saturated carbocycles. The van der Waals surface area contributed by atoms with Crippen LogP contribution in [0.2, 0.25) is 0 Å². The fourth-order valence-corrected chi connectivity index (χ4v) is 1.29. The van der Waals surface area contributed by atoms with Crippen LogP contribution in [-0.4, -0.2) is 0 Å². The molecule has 68 valence electrons. The van der Waals surface area contributed by atoms with E-state index in [4.69, 9.17) is 5.73 Å². The minimum Gasteiger partial charge on any atom is -0.398 e. The lowest BCUT2D eigenvalue weighted by Gasteiger charge is -2.04. The maximum atomic E-state index is 5.85. The number of rotatable bonds is 2. The Balaban J connectivity index is 3.25. The van der Waals surface area contributed by atoms with E-state index in [1.807, 2.05) is 44.2 Å². The first-order valence-corrected chi connectivity index (χ1v) is 4.43. The van der Waals surface area contributed by atoms with Crippen molar-refractivity contribution < 1.29 is 0 Å². The first kappa shape index (κ1) is 9.59. The maximum absolute atomic E-state index is 5.85. The van der Waals surface area contributed by atoms with E-state index in [2.05, 4.69) is 12.1 Å². The van der Waals surface area contributed by atoms with Gasteiger partial charge in [0, 0.05) is 11.3 Å². The van der Waals surface area contributed by atoms with Crippen molar-refractivity contribution in [2.24, 2.45) is 0 Å². The normalized spacial score (nSPS) is 11.5. The van der Waals surface area contributed by atoms with E-state index in [9.17, 15) is 0 Å². The summed E-state index contributed by atoms with van der Waals surface area (Å²) >= 11 is 0. The zero-order valence-corrected chi connectivity index (χ0v) is 8.12. The fraction of sp³-hybridized carbons (Fsp3) is 0.167. The van der Waals surface area contributed by atoms with Gasteiger partial charge < -0.3 is 5.73 Å². The third-order valence-electron chi connectivity index (χ3n) is 1.85. The van der Waals surface area contributed by atoms with E-state index in [-0.39, 0.29) is 0 Å². The standard InChI is InChI=1S/C12H15N/c1-3-6-10-8-5-9-12(13)11(10)7-4-2/h3-9H,13H2,1-2H3/b6-3-,7-4-. The molecule has 2 N–H and O–H groups in total. The highest BCUT2D eigenvalue weighted by atomic mass is 14.6.